The number of hydrogen-bond donors (Lipinski definition) is 2. The molecule has 0 aliphatic carbocycles. The van der Waals surface area contributed by atoms with Crippen LogP contribution in [0.4, 0.5) is 24.5 Å². The number of carbonyl (C=O) groups excluding carboxylic acids is 1. The van der Waals surface area contributed by atoms with Crippen LogP contribution < -0.4 is 20.1 Å². The van der Waals surface area contributed by atoms with Crippen molar-refractivity contribution in [3.63, 3.8) is 0 Å². The Labute approximate surface area is 153 Å². The van der Waals surface area contributed by atoms with Crippen molar-refractivity contribution in [1.29, 1.82) is 0 Å². The summed E-state index contributed by atoms with van der Waals surface area (Å²) in [5.74, 6) is -3.92. The summed E-state index contributed by atoms with van der Waals surface area (Å²) in [5, 5.41) is 5.47. The summed E-state index contributed by atoms with van der Waals surface area (Å²) in [5.41, 5.74) is 0.111. The predicted molar refractivity (Wildman–Crippen MR) is 92.6 cm³/mol. The zero-order valence-corrected chi connectivity index (χ0v) is 14.7. The van der Waals surface area contributed by atoms with Crippen LogP contribution in [0.15, 0.2) is 24.3 Å². The number of amides is 1. The summed E-state index contributed by atoms with van der Waals surface area (Å²) in [6, 6.07) is 4.84. The van der Waals surface area contributed by atoms with Gasteiger partial charge in [0, 0.05) is 25.1 Å². The summed E-state index contributed by atoms with van der Waals surface area (Å²) < 4.78 is 49.8. The molecule has 0 aromatic heterocycles. The quantitative estimate of drug-likeness (QED) is 0.697. The molecule has 2 N–H and O–H groups in total. The highest BCUT2D eigenvalue weighted by Crippen LogP contribution is 2.35. The molecule has 0 unspecified atom stereocenters. The molecule has 0 bridgehead atoms. The van der Waals surface area contributed by atoms with Crippen molar-refractivity contribution >= 4 is 28.9 Å². The van der Waals surface area contributed by atoms with E-state index < -0.39 is 23.4 Å². The topological polar surface area (TPSA) is 59.6 Å². The van der Waals surface area contributed by atoms with Gasteiger partial charge in [0.05, 0.1) is 30.6 Å². The highest BCUT2D eigenvalue weighted by Gasteiger charge is 2.15. The number of rotatable bonds is 7. The predicted octanol–water partition coefficient (Wildman–Crippen LogP) is 4.22. The molecule has 0 atom stereocenters. The van der Waals surface area contributed by atoms with Gasteiger partial charge in [-0.15, -0.1) is 0 Å². The van der Waals surface area contributed by atoms with E-state index >= 15 is 0 Å². The van der Waals surface area contributed by atoms with Gasteiger partial charge in [-0.25, -0.2) is 13.2 Å². The van der Waals surface area contributed by atoms with Crippen LogP contribution in [-0.4, -0.2) is 26.7 Å². The first-order valence-corrected chi connectivity index (χ1v) is 7.84. The second kappa shape index (κ2) is 8.66. The molecule has 0 saturated carbocycles. The lowest BCUT2D eigenvalue weighted by molar-refractivity contribution is -0.116. The SMILES string of the molecule is COc1cc(NC(=O)CCNc2ccc(F)c(F)c2F)c(OC)cc1Cl. The van der Waals surface area contributed by atoms with E-state index in [1.807, 2.05) is 0 Å². The molecule has 0 radical (unpaired) electrons. The fraction of sp³-hybridized carbons (Fsp3) is 0.235. The molecule has 0 spiro atoms. The van der Waals surface area contributed by atoms with E-state index in [1.54, 1.807) is 0 Å². The molecule has 5 nitrogen and oxygen atoms in total. The number of ether oxygens (including phenoxy) is 2. The molecule has 2 aromatic carbocycles. The Morgan fingerprint density at radius 2 is 1.73 bits per heavy atom. The van der Waals surface area contributed by atoms with Crippen LogP contribution in [0.5, 0.6) is 11.5 Å². The Balaban J connectivity index is 1.98. The van der Waals surface area contributed by atoms with Crippen molar-refractivity contribution in [3.05, 3.63) is 46.7 Å². The number of carbonyl (C=O) groups is 1. The van der Waals surface area contributed by atoms with Gasteiger partial charge in [-0.3, -0.25) is 4.79 Å². The number of benzene rings is 2. The second-order valence-electron chi connectivity index (χ2n) is 5.13. The maximum Gasteiger partial charge on any atom is 0.226 e. The molecule has 2 rings (SSSR count). The van der Waals surface area contributed by atoms with Gasteiger partial charge in [0.25, 0.3) is 0 Å². The summed E-state index contributed by atoms with van der Waals surface area (Å²) in [6.45, 7) is 0.000859. The first-order valence-electron chi connectivity index (χ1n) is 7.46. The standard InChI is InChI=1S/C17H16ClF3N2O3/c1-25-13-8-12(14(26-2)7-9(13)18)23-15(24)5-6-22-11-4-3-10(19)16(20)17(11)21/h3-4,7-8,22H,5-6H2,1-2H3,(H,23,24). The average Bonchev–Trinajstić information content (AvgIpc) is 2.62. The molecule has 140 valence electrons. The van der Waals surface area contributed by atoms with Crippen LogP contribution in [0.3, 0.4) is 0 Å². The van der Waals surface area contributed by atoms with E-state index in [2.05, 4.69) is 10.6 Å². The van der Waals surface area contributed by atoms with Crippen LogP contribution in [-0.2, 0) is 4.79 Å². The van der Waals surface area contributed by atoms with Crippen molar-refractivity contribution in [1.82, 2.24) is 0 Å². The monoisotopic (exact) mass is 388 g/mol. The summed E-state index contributed by atoms with van der Waals surface area (Å²) in [7, 11) is 2.85. The van der Waals surface area contributed by atoms with Gasteiger partial charge >= 0.3 is 0 Å². The molecule has 9 heteroatoms. The first-order chi connectivity index (χ1) is 12.4. The molecule has 1 amide bonds. The molecular weight excluding hydrogens is 373 g/mol. The maximum absolute atomic E-state index is 13.5. The Kier molecular flexibility index (Phi) is 6.57. The van der Waals surface area contributed by atoms with Crippen LogP contribution in [0.25, 0.3) is 0 Å². The Hall–Kier alpha value is -2.61. The van der Waals surface area contributed by atoms with Crippen LogP contribution in [0.1, 0.15) is 6.42 Å². The summed E-state index contributed by atoms with van der Waals surface area (Å²) in [6.07, 6.45) is -0.0630. The molecule has 0 aliphatic rings. The fourth-order valence-corrected chi connectivity index (χ4v) is 2.37. The highest BCUT2D eigenvalue weighted by atomic mass is 35.5. The largest absolute Gasteiger partial charge is 0.495 e. The minimum Gasteiger partial charge on any atom is -0.495 e. The van der Waals surface area contributed by atoms with Gasteiger partial charge in [-0.1, -0.05) is 11.6 Å². The van der Waals surface area contributed by atoms with Crippen LogP contribution in [0, 0.1) is 17.5 Å². The van der Waals surface area contributed by atoms with Gasteiger partial charge in [-0.05, 0) is 12.1 Å². The van der Waals surface area contributed by atoms with E-state index in [4.69, 9.17) is 21.1 Å². The summed E-state index contributed by atoms with van der Waals surface area (Å²) >= 11 is 5.99. The van der Waals surface area contributed by atoms with Crippen molar-refractivity contribution in [3.8, 4) is 11.5 Å². The lowest BCUT2D eigenvalue weighted by Gasteiger charge is -2.13. The van der Waals surface area contributed by atoms with Crippen LogP contribution in [0.2, 0.25) is 5.02 Å². The Morgan fingerprint density at radius 1 is 1.04 bits per heavy atom. The third-order valence-electron chi connectivity index (χ3n) is 3.45. The molecule has 2 aromatic rings. The lowest BCUT2D eigenvalue weighted by atomic mass is 10.2. The van der Waals surface area contributed by atoms with E-state index in [0.29, 0.717) is 22.2 Å². The van der Waals surface area contributed by atoms with Gasteiger partial charge < -0.3 is 20.1 Å². The average molecular weight is 389 g/mol. The van der Waals surface area contributed by atoms with E-state index in [1.165, 1.54) is 26.4 Å². The van der Waals surface area contributed by atoms with Gasteiger partial charge in [0.2, 0.25) is 5.91 Å². The van der Waals surface area contributed by atoms with Gasteiger partial charge in [0.1, 0.15) is 11.5 Å². The minimum atomic E-state index is -1.57. The van der Waals surface area contributed by atoms with Crippen molar-refractivity contribution in [2.75, 3.05) is 31.4 Å². The molecular formula is C17H16ClF3N2O3. The molecule has 0 saturated heterocycles. The Morgan fingerprint density at radius 3 is 2.38 bits per heavy atom. The molecule has 26 heavy (non-hydrogen) atoms. The molecule has 0 aliphatic heterocycles. The van der Waals surface area contributed by atoms with Crippen molar-refractivity contribution < 1.29 is 27.4 Å². The number of hydrogen-bond acceptors (Lipinski definition) is 4. The first kappa shape index (κ1) is 19.7. The number of anilines is 2. The second-order valence-corrected chi connectivity index (χ2v) is 5.54. The zero-order chi connectivity index (χ0) is 19.3. The van der Waals surface area contributed by atoms with Crippen molar-refractivity contribution in [2.24, 2.45) is 0 Å². The maximum atomic E-state index is 13.5. The lowest BCUT2D eigenvalue weighted by Crippen LogP contribution is -2.17. The minimum absolute atomic E-state index is 0.000859. The highest BCUT2D eigenvalue weighted by molar-refractivity contribution is 6.32. The van der Waals surface area contributed by atoms with Crippen molar-refractivity contribution in [2.45, 2.75) is 6.42 Å². The van der Waals surface area contributed by atoms with E-state index in [9.17, 15) is 18.0 Å². The number of methoxy groups -OCH3 is 2. The fourth-order valence-electron chi connectivity index (χ4n) is 2.14. The Bertz CT molecular complexity index is 818. The van der Waals surface area contributed by atoms with Crippen LogP contribution >= 0.6 is 11.6 Å². The van der Waals surface area contributed by atoms with E-state index in [-0.39, 0.29) is 18.7 Å². The third kappa shape index (κ3) is 4.51. The smallest absolute Gasteiger partial charge is 0.226 e. The zero-order valence-electron chi connectivity index (χ0n) is 14.0. The van der Waals surface area contributed by atoms with Gasteiger partial charge in [-0.2, -0.15) is 0 Å². The van der Waals surface area contributed by atoms with E-state index in [0.717, 1.165) is 12.1 Å². The number of halogens is 4. The number of nitrogens with one attached hydrogen (secondary N) is 2. The summed E-state index contributed by atoms with van der Waals surface area (Å²) in [4.78, 5) is 12.1. The normalized spacial score (nSPS) is 10.4. The molecule has 0 heterocycles. The third-order valence-corrected chi connectivity index (χ3v) is 3.75. The van der Waals surface area contributed by atoms with Gasteiger partial charge in [0.15, 0.2) is 17.5 Å². The molecule has 0 fully saturated rings.